The van der Waals surface area contributed by atoms with Crippen LogP contribution >= 0.6 is 0 Å². The van der Waals surface area contributed by atoms with Crippen LogP contribution in [0.1, 0.15) is 85.3 Å². The number of hydrogen-bond acceptors (Lipinski definition) is 3. The Hall–Kier alpha value is -2.33. The van der Waals surface area contributed by atoms with Gasteiger partial charge in [-0.25, -0.2) is 4.79 Å². The molecule has 0 saturated heterocycles. The Morgan fingerprint density at radius 2 is 1.67 bits per heavy atom. The second kappa shape index (κ2) is 5.95. The zero-order chi connectivity index (χ0) is 17.4. The first-order chi connectivity index (χ1) is 11.5. The molecule has 2 bridgehead atoms. The summed E-state index contributed by atoms with van der Waals surface area (Å²) < 4.78 is 0. The minimum atomic E-state index is -1.15. The summed E-state index contributed by atoms with van der Waals surface area (Å²) in [6.07, 6.45) is 9.13. The number of fused-ring (bicyclic) bond motifs is 3. The number of rotatable bonds is 4. The van der Waals surface area contributed by atoms with Crippen molar-refractivity contribution in [2.45, 2.75) is 63.7 Å². The van der Waals surface area contributed by atoms with E-state index in [9.17, 15) is 20.4 Å². The maximum absolute atomic E-state index is 11.3. The number of hydrogen-bond donors (Lipinski definition) is 1. The van der Waals surface area contributed by atoms with Crippen molar-refractivity contribution in [2.75, 3.05) is 0 Å². The van der Waals surface area contributed by atoms with Gasteiger partial charge in [-0.05, 0) is 67.4 Å². The molecule has 0 radical (unpaired) electrons. The van der Waals surface area contributed by atoms with Gasteiger partial charge >= 0.3 is 5.97 Å². The van der Waals surface area contributed by atoms with Gasteiger partial charge in [-0.3, -0.25) is 0 Å². The molecule has 124 valence electrons. The first-order valence-electron chi connectivity index (χ1n) is 8.72. The molecule has 1 aromatic carbocycles. The van der Waals surface area contributed by atoms with Gasteiger partial charge in [0.05, 0.1) is 16.7 Å². The van der Waals surface area contributed by atoms with Crippen LogP contribution in [0.3, 0.4) is 0 Å². The molecule has 3 aliphatic carbocycles. The Morgan fingerprint density at radius 1 is 1.08 bits per heavy atom. The van der Waals surface area contributed by atoms with Gasteiger partial charge in [0.15, 0.2) is 0 Å². The third kappa shape index (κ3) is 2.38. The standard InChI is InChI=1S/C20H22N2O2/c1-2-5-19-6-9-20(10-7-19,11-8-19)17-4-3-14(18(23)24)15(12-21)16(17)13-22/h3-4H,2,5-11H2,1H3,(H,23,24). The Kier molecular flexibility index (Phi) is 4.10. The van der Waals surface area contributed by atoms with E-state index < -0.39 is 5.97 Å². The van der Waals surface area contributed by atoms with Crippen molar-refractivity contribution in [3.63, 3.8) is 0 Å². The highest BCUT2D eigenvalue weighted by Gasteiger charge is 2.49. The summed E-state index contributed by atoms with van der Waals surface area (Å²) in [6, 6.07) is 7.39. The largest absolute Gasteiger partial charge is 0.478 e. The topological polar surface area (TPSA) is 84.9 Å². The van der Waals surface area contributed by atoms with E-state index in [0.29, 0.717) is 5.41 Å². The van der Waals surface area contributed by atoms with Crippen molar-refractivity contribution < 1.29 is 9.90 Å². The molecule has 4 rings (SSSR count). The lowest BCUT2D eigenvalue weighted by molar-refractivity contribution is 0.0319. The van der Waals surface area contributed by atoms with Gasteiger partial charge in [0, 0.05) is 0 Å². The van der Waals surface area contributed by atoms with Gasteiger partial charge in [0.25, 0.3) is 0 Å². The summed E-state index contributed by atoms with van der Waals surface area (Å²) in [7, 11) is 0. The van der Waals surface area contributed by atoms with Crippen LogP contribution in [0.15, 0.2) is 12.1 Å². The number of nitrogens with zero attached hydrogens (tertiary/aromatic N) is 2. The lowest BCUT2D eigenvalue weighted by Crippen LogP contribution is -2.44. The van der Waals surface area contributed by atoms with Gasteiger partial charge in [-0.15, -0.1) is 0 Å². The molecule has 3 saturated carbocycles. The molecule has 3 aliphatic rings. The Balaban J connectivity index is 2.05. The molecular formula is C20H22N2O2. The molecule has 1 aromatic rings. The summed E-state index contributed by atoms with van der Waals surface area (Å²) in [5, 5.41) is 28.3. The molecule has 0 heterocycles. The van der Waals surface area contributed by atoms with Gasteiger partial charge in [0.1, 0.15) is 12.1 Å². The quantitative estimate of drug-likeness (QED) is 0.883. The SMILES string of the molecule is CCCC12CCC(c3ccc(C(=O)O)c(C#N)c3C#N)(CC1)CC2. The zero-order valence-electron chi connectivity index (χ0n) is 14.1. The van der Waals surface area contributed by atoms with Gasteiger partial charge in [0.2, 0.25) is 0 Å². The van der Waals surface area contributed by atoms with Crippen LogP contribution in [-0.2, 0) is 5.41 Å². The summed E-state index contributed by atoms with van der Waals surface area (Å²) >= 11 is 0. The summed E-state index contributed by atoms with van der Waals surface area (Å²) in [5.41, 5.74) is 1.55. The van der Waals surface area contributed by atoms with E-state index in [1.807, 2.05) is 6.07 Å². The van der Waals surface area contributed by atoms with Crippen LogP contribution in [0.2, 0.25) is 0 Å². The van der Waals surface area contributed by atoms with E-state index in [0.717, 1.165) is 24.8 Å². The number of aromatic carboxylic acids is 1. The summed E-state index contributed by atoms with van der Waals surface area (Å²) in [5.74, 6) is -1.15. The highest BCUT2D eigenvalue weighted by molar-refractivity contribution is 5.92. The smallest absolute Gasteiger partial charge is 0.337 e. The molecular weight excluding hydrogens is 300 g/mol. The fourth-order valence-electron chi connectivity index (χ4n) is 5.03. The average Bonchev–Trinajstić information content (AvgIpc) is 2.61. The van der Waals surface area contributed by atoms with Crippen LogP contribution in [0.4, 0.5) is 0 Å². The molecule has 0 amide bonds. The Labute approximate surface area is 142 Å². The predicted molar refractivity (Wildman–Crippen MR) is 89.6 cm³/mol. The minimum Gasteiger partial charge on any atom is -0.478 e. The molecule has 0 unspecified atom stereocenters. The second-order valence-corrected chi connectivity index (χ2v) is 7.47. The van der Waals surface area contributed by atoms with Gasteiger partial charge < -0.3 is 5.11 Å². The zero-order valence-corrected chi connectivity index (χ0v) is 14.1. The predicted octanol–water partition coefficient (Wildman–Crippen LogP) is 4.52. The molecule has 4 heteroatoms. The third-order valence-corrected chi connectivity index (χ3v) is 6.41. The second-order valence-electron chi connectivity index (χ2n) is 7.47. The van der Waals surface area contributed by atoms with Crippen molar-refractivity contribution in [1.82, 2.24) is 0 Å². The van der Waals surface area contributed by atoms with E-state index in [-0.39, 0.29) is 22.1 Å². The highest BCUT2D eigenvalue weighted by atomic mass is 16.4. The summed E-state index contributed by atoms with van der Waals surface area (Å²) in [4.78, 5) is 11.3. The van der Waals surface area contributed by atoms with Crippen molar-refractivity contribution in [3.8, 4) is 12.1 Å². The van der Waals surface area contributed by atoms with Gasteiger partial charge in [-0.1, -0.05) is 19.4 Å². The van der Waals surface area contributed by atoms with Gasteiger partial charge in [-0.2, -0.15) is 10.5 Å². The lowest BCUT2D eigenvalue weighted by atomic mass is 9.50. The van der Waals surface area contributed by atoms with E-state index >= 15 is 0 Å². The summed E-state index contributed by atoms with van der Waals surface area (Å²) in [6.45, 7) is 2.24. The first-order valence-corrected chi connectivity index (χ1v) is 8.72. The molecule has 3 fully saturated rings. The normalized spacial score (nSPS) is 28.1. The van der Waals surface area contributed by atoms with Crippen LogP contribution in [0.5, 0.6) is 0 Å². The third-order valence-electron chi connectivity index (χ3n) is 6.41. The van der Waals surface area contributed by atoms with Crippen molar-refractivity contribution in [2.24, 2.45) is 5.41 Å². The maximum atomic E-state index is 11.3. The first kappa shape index (κ1) is 16.5. The van der Waals surface area contributed by atoms with Crippen LogP contribution in [-0.4, -0.2) is 11.1 Å². The maximum Gasteiger partial charge on any atom is 0.337 e. The Bertz CT molecular complexity index is 743. The molecule has 0 atom stereocenters. The number of carboxylic acid groups (broad SMARTS) is 1. The fourth-order valence-corrected chi connectivity index (χ4v) is 5.03. The number of nitriles is 2. The average molecular weight is 322 g/mol. The minimum absolute atomic E-state index is 0.0212. The van der Waals surface area contributed by atoms with E-state index in [1.165, 1.54) is 38.2 Å². The number of carbonyl (C=O) groups is 1. The molecule has 0 spiro atoms. The molecule has 0 aromatic heterocycles. The molecule has 24 heavy (non-hydrogen) atoms. The van der Waals surface area contributed by atoms with E-state index in [2.05, 4.69) is 13.0 Å². The van der Waals surface area contributed by atoms with Crippen LogP contribution < -0.4 is 0 Å². The van der Waals surface area contributed by atoms with Crippen molar-refractivity contribution >= 4 is 5.97 Å². The van der Waals surface area contributed by atoms with E-state index in [1.54, 1.807) is 6.07 Å². The number of carboxylic acids is 1. The number of benzene rings is 1. The fraction of sp³-hybridized carbons (Fsp3) is 0.550. The van der Waals surface area contributed by atoms with Crippen LogP contribution in [0.25, 0.3) is 0 Å². The van der Waals surface area contributed by atoms with Crippen molar-refractivity contribution in [1.29, 1.82) is 10.5 Å². The molecule has 0 aliphatic heterocycles. The van der Waals surface area contributed by atoms with Crippen LogP contribution in [0, 0.1) is 28.1 Å². The van der Waals surface area contributed by atoms with Crippen molar-refractivity contribution in [3.05, 3.63) is 34.4 Å². The Morgan fingerprint density at radius 3 is 2.12 bits per heavy atom. The molecule has 4 nitrogen and oxygen atoms in total. The highest BCUT2D eigenvalue weighted by Crippen LogP contribution is 2.60. The lowest BCUT2D eigenvalue weighted by Gasteiger charge is -2.54. The monoisotopic (exact) mass is 322 g/mol. The molecule has 1 N–H and O–H groups in total. The van der Waals surface area contributed by atoms with E-state index in [4.69, 9.17) is 0 Å².